The van der Waals surface area contributed by atoms with Crippen LogP contribution in [0.25, 0.3) is 11.2 Å². The van der Waals surface area contributed by atoms with E-state index in [1.54, 1.807) is 24.8 Å². The topological polar surface area (TPSA) is 106 Å². The number of nitrogens with one attached hydrogen (secondary N) is 2. The highest BCUT2D eigenvalue weighted by Gasteiger charge is 2.21. The quantitative estimate of drug-likeness (QED) is 0.501. The van der Waals surface area contributed by atoms with Crippen molar-refractivity contribution in [2.45, 2.75) is 44.7 Å². The Morgan fingerprint density at radius 2 is 1.87 bits per heavy atom. The first-order valence-corrected chi connectivity index (χ1v) is 10.3. The predicted molar refractivity (Wildman–Crippen MR) is 114 cm³/mol. The van der Waals surface area contributed by atoms with Crippen molar-refractivity contribution in [3.63, 3.8) is 0 Å². The summed E-state index contributed by atoms with van der Waals surface area (Å²) in [5, 5.41) is 6.57. The molecular weight excluding hydrogens is 378 g/mol. The molecule has 1 aliphatic rings. The zero-order valence-corrected chi connectivity index (χ0v) is 16.6. The molecule has 0 aliphatic heterocycles. The van der Waals surface area contributed by atoms with Crippen LogP contribution in [0.15, 0.2) is 49.4 Å². The van der Waals surface area contributed by atoms with Gasteiger partial charge in [-0.25, -0.2) is 9.97 Å². The number of hydrogen-bond acceptors (Lipinski definition) is 8. The second-order valence-corrected chi connectivity index (χ2v) is 7.44. The van der Waals surface area contributed by atoms with Crippen LogP contribution in [0, 0.1) is 0 Å². The molecule has 0 aromatic carbocycles. The van der Waals surface area contributed by atoms with E-state index in [1.807, 2.05) is 24.7 Å². The van der Waals surface area contributed by atoms with Gasteiger partial charge in [0.25, 0.3) is 0 Å². The van der Waals surface area contributed by atoms with Gasteiger partial charge in [-0.1, -0.05) is 25.3 Å². The maximum absolute atomic E-state index is 4.78. The van der Waals surface area contributed by atoms with Crippen LogP contribution >= 0.6 is 0 Å². The molecule has 1 aliphatic carbocycles. The molecule has 0 atom stereocenters. The lowest BCUT2D eigenvalue weighted by Crippen LogP contribution is -2.13. The van der Waals surface area contributed by atoms with Crippen LogP contribution in [0.3, 0.4) is 0 Å². The molecule has 9 nitrogen and oxygen atoms in total. The molecule has 1 fully saturated rings. The predicted octanol–water partition coefficient (Wildman–Crippen LogP) is 3.87. The summed E-state index contributed by atoms with van der Waals surface area (Å²) in [6.07, 6.45) is 16.5. The maximum atomic E-state index is 4.78. The van der Waals surface area contributed by atoms with Gasteiger partial charge in [-0.2, -0.15) is 9.97 Å². The van der Waals surface area contributed by atoms with Crippen molar-refractivity contribution >= 4 is 28.7 Å². The van der Waals surface area contributed by atoms with Gasteiger partial charge in [-0.15, -0.1) is 0 Å². The van der Waals surface area contributed by atoms with Gasteiger partial charge in [-0.05, 0) is 24.5 Å². The molecular formula is C21H23N9. The van der Waals surface area contributed by atoms with E-state index in [1.165, 1.54) is 19.3 Å². The third-order valence-corrected chi connectivity index (χ3v) is 5.38. The molecule has 4 aromatic rings. The minimum atomic E-state index is 0.425. The molecule has 0 amide bonds. The number of imidazole rings is 1. The average Bonchev–Trinajstić information content (AvgIpc) is 3.23. The highest BCUT2D eigenvalue weighted by molar-refractivity contribution is 5.84. The van der Waals surface area contributed by atoms with Crippen LogP contribution < -0.4 is 10.6 Å². The van der Waals surface area contributed by atoms with Gasteiger partial charge in [0, 0.05) is 37.4 Å². The van der Waals surface area contributed by atoms with E-state index < -0.39 is 0 Å². The Labute approximate surface area is 174 Å². The SMILES string of the molecule is c1cncc(CNc2nc(Nc3cnccn3)nc3c2ncn3C2CCCCC2)c1. The Balaban J connectivity index is 1.51. The van der Waals surface area contributed by atoms with Gasteiger partial charge in [-0.3, -0.25) is 9.97 Å². The highest BCUT2D eigenvalue weighted by atomic mass is 15.2. The normalized spacial score (nSPS) is 14.7. The van der Waals surface area contributed by atoms with Gasteiger partial charge in [0.2, 0.25) is 5.95 Å². The van der Waals surface area contributed by atoms with E-state index in [-0.39, 0.29) is 0 Å². The lowest BCUT2D eigenvalue weighted by atomic mass is 9.95. The molecule has 4 heterocycles. The van der Waals surface area contributed by atoms with E-state index in [9.17, 15) is 0 Å². The number of anilines is 3. The van der Waals surface area contributed by atoms with Crippen molar-refractivity contribution in [1.82, 2.24) is 34.5 Å². The molecule has 152 valence electrons. The minimum absolute atomic E-state index is 0.425. The Bertz CT molecular complexity index is 1110. The standard InChI is InChI=1S/C21H23N9/c1-2-6-16(7-3-1)30-14-26-18-19(25-12-15-5-4-8-22-11-15)28-21(29-20(18)30)27-17-13-23-9-10-24-17/h4-5,8-11,13-14,16H,1-3,6-7,12H2,(H2,24,25,27,28,29). The van der Waals surface area contributed by atoms with E-state index in [0.29, 0.717) is 30.2 Å². The van der Waals surface area contributed by atoms with Gasteiger partial charge in [0.15, 0.2) is 22.8 Å². The molecule has 30 heavy (non-hydrogen) atoms. The summed E-state index contributed by atoms with van der Waals surface area (Å²) in [7, 11) is 0. The fourth-order valence-corrected chi connectivity index (χ4v) is 3.89. The first kappa shape index (κ1) is 18.4. The van der Waals surface area contributed by atoms with E-state index in [2.05, 4.69) is 40.1 Å². The van der Waals surface area contributed by atoms with Crippen LogP contribution in [0.1, 0.15) is 43.7 Å². The maximum Gasteiger partial charge on any atom is 0.232 e. The summed E-state index contributed by atoms with van der Waals surface area (Å²) in [6.45, 7) is 0.598. The van der Waals surface area contributed by atoms with E-state index >= 15 is 0 Å². The third kappa shape index (κ3) is 3.91. The second kappa shape index (κ2) is 8.40. The summed E-state index contributed by atoms with van der Waals surface area (Å²) in [6, 6.07) is 4.37. The van der Waals surface area contributed by atoms with E-state index in [4.69, 9.17) is 4.98 Å². The largest absolute Gasteiger partial charge is 0.364 e. The van der Waals surface area contributed by atoms with Crippen LogP contribution in [0.2, 0.25) is 0 Å². The lowest BCUT2D eigenvalue weighted by Gasteiger charge is -2.23. The minimum Gasteiger partial charge on any atom is -0.364 e. The molecule has 0 bridgehead atoms. The fourth-order valence-electron chi connectivity index (χ4n) is 3.89. The molecule has 4 aromatic heterocycles. The summed E-state index contributed by atoms with van der Waals surface area (Å²) >= 11 is 0. The Morgan fingerprint density at radius 3 is 2.67 bits per heavy atom. The number of pyridine rings is 1. The van der Waals surface area contributed by atoms with Crippen molar-refractivity contribution in [2.75, 3.05) is 10.6 Å². The van der Waals surface area contributed by atoms with Gasteiger partial charge >= 0.3 is 0 Å². The molecule has 9 heteroatoms. The summed E-state index contributed by atoms with van der Waals surface area (Å²) in [4.78, 5) is 26.7. The summed E-state index contributed by atoms with van der Waals surface area (Å²) in [5.74, 6) is 1.75. The van der Waals surface area contributed by atoms with Gasteiger partial charge < -0.3 is 15.2 Å². The monoisotopic (exact) mass is 401 g/mol. The zero-order valence-electron chi connectivity index (χ0n) is 16.6. The van der Waals surface area contributed by atoms with Crippen molar-refractivity contribution < 1.29 is 0 Å². The number of aromatic nitrogens is 7. The molecule has 0 unspecified atom stereocenters. The molecule has 0 saturated heterocycles. The van der Waals surface area contributed by atoms with Gasteiger partial charge in [0.1, 0.15) is 0 Å². The Kier molecular flexibility index (Phi) is 5.15. The number of fused-ring (bicyclic) bond motifs is 1. The first-order chi connectivity index (χ1) is 14.9. The average molecular weight is 401 g/mol. The second-order valence-electron chi connectivity index (χ2n) is 7.44. The molecule has 2 N–H and O–H groups in total. The van der Waals surface area contributed by atoms with Crippen LogP contribution in [-0.2, 0) is 6.54 Å². The van der Waals surface area contributed by atoms with Crippen LogP contribution in [0.5, 0.6) is 0 Å². The smallest absolute Gasteiger partial charge is 0.232 e. The van der Waals surface area contributed by atoms with Crippen LogP contribution in [0.4, 0.5) is 17.6 Å². The lowest BCUT2D eigenvalue weighted by molar-refractivity contribution is 0.358. The molecule has 1 saturated carbocycles. The molecule has 0 radical (unpaired) electrons. The van der Waals surface area contributed by atoms with Crippen molar-refractivity contribution in [2.24, 2.45) is 0 Å². The summed E-state index contributed by atoms with van der Waals surface area (Å²) in [5.41, 5.74) is 2.67. The van der Waals surface area contributed by atoms with Crippen molar-refractivity contribution in [3.8, 4) is 0 Å². The Hall–Kier alpha value is -3.62. The van der Waals surface area contributed by atoms with Crippen molar-refractivity contribution in [3.05, 3.63) is 55.0 Å². The molecule has 0 spiro atoms. The summed E-state index contributed by atoms with van der Waals surface area (Å²) < 4.78 is 2.20. The zero-order chi connectivity index (χ0) is 20.2. The molecule has 5 rings (SSSR count). The number of rotatable bonds is 6. The Morgan fingerprint density at radius 1 is 0.967 bits per heavy atom. The third-order valence-electron chi connectivity index (χ3n) is 5.38. The fraction of sp³-hybridized carbons (Fsp3) is 0.333. The highest BCUT2D eigenvalue weighted by Crippen LogP contribution is 2.32. The van der Waals surface area contributed by atoms with E-state index in [0.717, 1.165) is 29.6 Å². The number of hydrogen-bond donors (Lipinski definition) is 2. The van der Waals surface area contributed by atoms with Gasteiger partial charge in [0.05, 0.1) is 12.5 Å². The van der Waals surface area contributed by atoms with Crippen LogP contribution in [-0.4, -0.2) is 34.5 Å². The first-order valence-electron chi connectivity index (χ1n) is 10.3. The van der Waals surface area contributed by atoms with Crippen molar-refractivity contribution in [1.29, 1.82) is 0 Å². The number of nitrogens with zero attached hydrogens (tertiary/aromatic N) is 7.